The van der Waals surface area contributed by atoms with Crippen LogP contribution in [0.4, 0.5) is 0 Å². The van der Waals surface area contributed by atoms with Crippen LogP contribution in [0.25, 0.3) is 0 Å². The standard InChI is InChI=1S/C16H26N2O6/c1-4-12(18-14(20)8-7-11(17)15(21)22)13(19)6-5-9-24-16(23)10(2)3/h11-12H,2,4-9,17H2,1,3H3,(H,18,20)(H,21,22)/t11?,12-/m1/s1. The fraction of sp³-hybridized carbons (Fsp3) is 0.625. The number of ether oxygens (including phenoxy) is 1. The lowest BCUT2D eigenvalue weighted by molar-refractivity contribution is -0.140. The van der Waals surface area contributed by atoms with Gasteiger partial charge in [0.25, 0.3) is 0 Å². The third-order valence-electron chi connectivity index (χ3n) is 3.28. The molecule has 1 amide bonds. The molecule has 4 N–H and O–H groups in total. The molecule has 136 valence electrons. The summed E-state index contributed by atoms with van der Waals surface area (Å²) in [6.07, 6.45) is 0.877. The van der Waals surface area contributed by atoms with Crippen molar-refractivity contribution in [3.05, 3.63) is 12.2 Å². The van der Waals surface area contributed by atoms with Gasteiger partial charge in [0, 0.05) is 18.4 Å². The molecule has 0 aliphatic heterocycles. The van der Waals surface area contributed by atoms with Crippen LogP contribution >= 0.6 is 0 Å². The zero-order valence-corrected chi connectivity index (χ0v) is 14.2. The van der Waals surface area contributed by atoms with Crippen LogP contribution in [-0.4, -0.2) is 47.4 Å². The number of aliphatic carboxylic acids is 1. The van der Waals surface area contributed by atoms with Gasteiger partial charge in [-0.3, -0.25) is 14.4 Å². The molecule has 0 saturated heterocycles. The first kappa shape index (κ1) is 21.8. The van der Waals surface area contributed by atoms with Crippen molar-refractivity contribution in [2.75, 3.05) is 6.61 Å². The number of ketones is 1. The van der Waals surface area contributed by atoms with E-state index in [1.165, 1.54) is 6.92 Å². The van der Waals surface area contributed by atoms with E-state index < -0.39 is 29.9 Å². The molecule has 0 aliphatic carbocycles. The Labute approximate surface area is 141 Å². The van der Waals surface area contributed by atoms with E-state index >= 15 is 0 Å². The molecule has 8 heteroatoms. The van der Waals surface area contributed by atoms with Crippen molar-refractivity contribution in [1.29, 1.82) is 0 Å². The highest BCUT2D eigenvalue weighted by molar-refractivity contribution is 5.89. The van der Waals surface area contributed by atoms with Gasteiger partial charge in [0.15, 0.2) is 5.78 Å². The molecule has 2 atom stereocenters. The van der Waals surface area contributed by atoms with Gasteiger partial charge >= 0.3 is 11.9 Å². The normalized spacial score (nSPS) is 12.8. The van der Waals surface area contributed by atoms with Crippen LogP contribution in [-0.2, 0) is 23.9 Å². The topological polar surface area (TPSA) is 136 Å². The molecular formula is C16H26N2O6. The van der Waals surface area contributed by atoms with Crippen LogP contribution in [0.5, 0.6) is 0 Å². The summed E-state index contributed by atoms with van der Waals surface area (Å²) in [5, 5.41) is 11.2. The van der Waals surface area contributed by atoms with E-state index in [9.17, 15) is 19.2 Å². The lowest BCUT2D eigenvalue weighted by Gasteiger charge is -2.16. The van der Waals surface area contributed by atoms with Crippen LogP contribution in [0.3, 0.4) is 0 Å². The van der Waals surface area contributed by atoms with Crippen molar-refractivity contribution in [2.24, 2.45) is 5.73 Å². The van der Waals surface area contributed by atoms with Crippen molar-refractivity contribution in [3.8, 4) is 0 Å². The van der Waals surface area contributed by atoms with Crippen molar-refractivity contribution < 1.29 is 29.0 Å². The van der Waals surface area contributed by atoms with Crippen molar-refractivity contribution in [2.45, 2.75) is 58.0 Å². The van der Waals surface area contributed by atoms with Gasteiger partial charge in [-0.15, -0.1) is 0 Å². The van der Waals surface area contributed by atoms with Gasteiger partial charge in [-0.1, -0.05) is 13.5 Å². The number of nitrogens with two attached hydrogens (primary N) is 1. The van der Waals surface area contributed by atoms with Crippen molar-refractivity contribution in [1.82, 2.24) is 5.32 Å². The Morgan fingerprint density at radius 3 is 2.38 bits per heavy atom. The van der Waals surface area contributed by atoms with Crippen LogP contribution in [0.2, 0.25) is 0 Å². The Hall–Kier alpha value is -2.22. The lowest BCUT2D eigenvalue weighted by Crippen LogP contribution is -2.41. The second kappa shape index (κ2) is 11.3. The van der Waals surface area contributed by atoms with E-state index in [0.717, 1.165) is 0 Å². The van der Waals surface area contributed by atoms with Gasteiger partial charge in [-0.2, -0.15) is 0 Å². The second-order valence-electron chi connectivity index (χ2n) is 5.50. The fourth-order valence-corrected chi connectivity index (χ4v) is 1.80. The van der Waals surface area contributed by atoms with E-state index in [-0.39, 0.29) is 31.7 Å². The average Bonchev–Trinajstić information content (AvgIpc) is 2.53. The molecule has 0 aromatic carbocycles. The number of carbonyl (C=O) groups excluding carboxylic acids is 3. The molecule has 0 bridgehead atoms. The molecule has 0 aromatic rings. The van der Waals surface area contributed by atoms with E-state index in [4.69, 9.17) is 15.6 Å². The van der Waals surface area contributed by atoms with Crippen LogP contribution in [0.1, 0.15) is 46.0 Å². The monoisotopic (exact) mass is 342 g/mol. The largest absolute Gasteiger partial charge is 0.480 e. The summed E-state index contributed by atoms with van der Waals surface area (Å²) in [5.74, 6) is -2.26. The van der Waals surface area contributed by atoms with E-state index in [2.05, 4.69) is 11.9 Å². The number of hydrogen-bond donors (Lipinski definition) is 3. The quantitative estimate of drug-likeness (QED) is 0.267. The van der Waals surface area contributed by atoms with Gasteiger partial charge in [0.05, 0.1) is 12.6 Å². The van der Waals surface area contributed by atoms with Gasteiger partial charge in [0.2, 0.25) is 5.91 Å². The molecule has 0 aromatic heterocycles. The average molecular weight is 342 g/mol. The maximum absolute atomic E-state index is 12.0. The first-order chi connectivity index (χ1) is 11.2. The summed E-state index contributed by atoms with van der Waals surface area (Å²) < 4.78 is 4.89. The highest BCUT2D eigenvalue weighted by Crippen LogP contribution is 2.04. The SMILES string of the molecule is C=C(C)C(=O)OCCCC(=O)[C@@H](CC)NC(=O)CCC(N)C(=O)O. The first-order valence-corrected chi connectivity index (χ1v) is 7.82. The Morgan fingerprint density at radius 2 is 1.88 bits per heavy atom. The number of carboxylic acid groups (broad SMARTS) is 1. The van der Waals surface area contributed by atoms with Gasteiger partial charge in [0.1, 0.15) is 6.04 Å². The van der Waals surface area contributed by atoms with E-state index in [1.54, 1.807) is 6.92 Å². The van der Waals surface area contributed by atoms with E-state index in [0.29, 0.717) is 18.4 Å². The zero-order valence-electron chi connectivity index (χ0n) is 14.2. The smallest absolute Gasteiger partial charge is 0.333 e. The maximum atomic E-state index is 12.0. The summed E-state index contributed by atoms with van der Waals surface area (Å²) in [5.41, 5.74) is 5.61. The number of esters is 1. The molecule has 0 saturated carbocycles. The molecular weight excluding hydrogens is 316 g/mol. The molecule has 24 heavy (non-hydrogen) atoms. The number of amides is 1. The summed E-state index contributed by atoms with van der Waals surface area (Å²) in [6, 6.07) is -1.75. The minimum absolute atomic E-state index is 0.00263. The Balaban J connectivity index is 4.16. The molecule has 0 aliphatic rings. The van der Waals surface area contributed by atoms with Gasteiger partial charge in [-0.25, -0.2) is 4.79 Å². The predicted octanol–water partition coefficient (Wildman–Crippen LogP) is 0.542. The molecule has 1 unspecified atom stereocenters. The Morgan fingerprint density at radius 1 is 1.25 bits per heavy atom. The van der Waals surface area contributed by atoms with Crippen molar-refractivity contribution >= 4 is 23.6 Å². The Bertz CT molecular complexity index is 489. The van der Waals surface area contributed by atoms with Crippen molar-refractivity contribution in [3.63, 3.8) is 0 Å². The molecule has 0 spiro atoms. The summed E-state index contributed by atoms with van der Waals surface area (Å²) >= 11 is 0. The first-order valence-electron chi connectivity index (χ1n) is 7.82. The molecule has 8 nitrogen and oxygen atoms in total. The molecule has 0 fully saturated rings. The van der Waals surface area contributed by atoms with Gasteiger partial charge in [-0.05, 0) is 26.2 Å². The van der Waals surface area contributed by atoms with Gasteiger partial charge < -0.3 is 20.9 Å². The predicted molar refractivity (Wildman–Crippen MR) is 87.1 cm³/mol. The molecule has 0 heterocycles. The highest BCUT2D eigenvalue weighted by Gasteiger charge is 2.20. The molecule has 0 rings (SSSR count). The third kappa shape index (κ3) is 9.04. The zero-order chi connectivity index (χ0) is 18.7. The lowest BCUT2D eigenvalue weighted by atomic mass is 10.0. The maximum Gasteiger partial charge on any atom is 0.333 e. The molecule has 0 radical (unpaired) electrons. The summed E-state index contributed by atoms with van der Waals surface area (Å²) in [6.45, 7) is 6.85. The second-order valence-corrected chi connectivity index (χ2v) is 5.50. The minimum Gasteiger partial charge on any atom is -0.480 e. The number of Topliss-reactive ketones (excluding diaryl/α,β-unsaturated/α-hetero) is 1. The highest BCUT2D eigenvalue weighted by atomic mass is 16.5. The third-order valence-corrected chi connectivity index (χ3v) is 3.28. The number of carbonyl (C=O) groups is 4. The summed E-state index contributed by atoms with van der Waals surface area (Å²) in [4.78, 5) is 45.6. The Kier molecular flexibility index (Phi) is 10.3. The number of rotatable bonds is 12. The van der Waals surface area contributed by atoms with Crippen LogP contribution in [0, 0.1) is 0 Å². The summed E-state index contributed by atoms with van der Waals surface area (Å²) in [7, 11) is 0. The number of carboxylic acids is 1. The van der Waals surface area contributed by atoms with Crippen LogP contribution in [0.15, 0.2) is 12.2 Å². The number of hydrogen-bond acceptors (Lipinski definition) is 6. The minimum atomic E-state index is -1.17. The van der Waals surface area contributed by atoms with E-state index in [1.807, 2.05) is 0 Å². The fourth-order valence-electron chi connectivity index (χ4n) is 1.80. The number of nitrogens with one attached hydrogen (secondary N) is 1. The van der Waals surface area contributed by atoms with Crippen LogP contribution < -0.4 is 11.1 Å².